The molecule has 0 radical (unpaired) electrons. The fraction of sp³-hybridized carbons (Fsp3) is 0.211. The highest BCUT2D eigenvalue weighted by atomic mass is 79.9. The van der Waals surface area contributed by atoms with Gasteiger partial charge in [-0.1, -0.05) is 23.5 Å². The van der Waals surface area contributed by atoms with Crippen molar-refractivity contribution in [1.29, 1.82) is 0 Å². The second-order valence-corrected chi connectivity index (χ2v) is 7.48. The van der Waals surface area contributed by atoms with Crippen LogP contribution in [0.25, 0.3) is 10.2 Å². The summed E-state index contributed by atoms with van der Waals surface area (Å²) < 4.78 is 18.5. The molecule has 0 fully saturated rings. The molecule has 1 heterocycles. The summed E-state index contributed by atoms with van der Waals surface area (Å²) in [6, 6.07) is 10.6. The zero-order chi connectivity index (χ0) is 20.3. The van der Waals surface area contributed by atoms with E-state index in [9.17, 15) is 9.59 Å². The predicted molar refractivity (Wildman–Crippen MR) is 109 cm³/mol. The Kier molecular flexibility index (Phi) is 6.15. The number of amides is 1. The number of carbonyl (C=O) groups is 2. The first kappa shape index (κ1) is 20.1. The minimum absolute atomic E-state index is 0.0892. The number of rotatable bonds is 5. The van der Waals surface area contributed by atoms with Crippen LogP contribution in [0.4, 0.5) is 0 Å². The number of thiazole rings is 1. The highest BCUT2D eigenvalue weighted by Gasteiger charge is 2.16. The number of carbonyl (C=O) groups excluding carboxylic acids is 2. The lowest BCUT2D eigenvalue weighted by Crippen LogP contribution is -2.22. The molecule has 0 aliphatic carbocycles. The Hall–Kier alpha value is -2.65. The van der Waals surface area contributed by atoms with E-state index in [0.29, 0.717) is 31.9 Å². The van der Waals surface area contributed by atoms with Crippen LogP contribution < -0.4 is 14.3 Å². The average molecular weight is 465 g/mol. The molecule has 2 aromatic carbocycles. The van der Waals surface area contributed by atoms with Gasteiger partial charge < -0.3 is 18.8 Å². The van der Waals surface area contributed by atoms with Crippen LogP contribution in [0, 0.1) is 0 Å². The molecule has 0 aliphatic heterocycles. The normalized spacial score (nSPS) is 11.5. The molecule has 0 bridgehead atoms. The molecule has 3 aromatic rings. The van der Waals surface area contributed by atoms with Crippen molar-refractivity contribution in [2.75, 3.05) is 21.3 Å². The molecule has 7 nitrogen and oxygen atoms in total. The summed E-state index contributed by atoms with van der Waals surface area (Å²) in [6.45, 7) is -0.0892. The van der Waals surface area contributed by atoms with Crippen molar-refractivity contribution >= 4 is 49.4 Å². The third-order valence-electron chi connectivity index (χ3n) is 4.00. The van der Waals surface area contributed by atoms with Gasteiger partial charge in [-0.25, -0.2) is 0 Å². The lowest BCUT2D eigenvalue weighted by atomic mass is 10.2. The van der Waals surface area contributed by atoms with Gasteiger partial charge in [-0.05, 0) is 28.1 Å². The molecule has 9 heteroatoms. The summed E-state index contributed by atoms with van der Waals surface area (Å²) in [5.74, 6) is 0.182. The van der Waals surface area contributed by atoms with E-state index in [2.05, 4.69) is 20.9 Å². The van der Waals surface area contributed by atoms with Crippen LogP contribution in [0.5, 0.6) is 11.5 Å². The highest BCUT2D eigenvalue weighted by Crippen LogP contribution is 2.33. The minimum atomic E-state index is -0.454. The molecule has 3 rings (SSSR count). The van der Waals surface area contributed by atoms with Gasteiger partial charge in [0.1, 0.15) is 6.54 Å². The SMILES string of the molecule is COC(=O)Cn1c(=NC(=O)c2ccccc2Br)sc2cc(OC)c(OC)cc21. The van der Waals surface area contributed by atoms with Crippen molar-refractivity contribution in [3.8, 4) is 11.5 Å². The molecule has 0 saturated carbocycles. The van der Waals surface area contributed by atoms with Crippen LogP contribution in [0.1, 0.15) is 10.4 Å². The van der Waals surface area contributed by atoms with Gasteiger partial charge in [0, 0.05) is 16.6 Å². The molecule has 0 unspecified atom stereocenters. The number of hydrogen-bond acceptors (Lipinski definition) is 6. The minimum Gasteiger partial charge on any atom is -0.493 e. The number of benzene rings is 2. The fourth-order valence-corrected chi connectivity index (χ4v) is 4.10. The molecule has 0 atom stereocenters. The zero-order valence-corrected chi connectivity index (χ0v) is 17.8. The maximum absolute atomic E-state index is 12.7. The monoisotopic (exact) mass is 464 g/mol. The molecular weight excluding hydrogens is 448 g/mol. The van der Waals surface area contributed by atoms with E-state index in [0.717, 1.165) is 4.70 Å². The van der Waals surface area contributed by atoms with Crippen molar-refractivity contribution < 1.29 is 23.8 Å². The van der Waals surface area contributed by atoms with Gasteiger partial charge >= 0.3 is 5.97 Å². The first-order valence-electron chi connectivity index (χ1n) is 8.14. The van der Waals surface area contributed by atoms with Crippen LogP contribution in [0.15, 0.2) is 45.9 Å². The lowest BCUT2D eigenvalue weighted by Gasteiger charge is -2.09. The van der Waals surface area contributed by atoms with Crippen LogP contribution in [-0.4, -0.2) is 37.8 Å². The molecular formula is C19H17BrN2O5S. The van der Waals surface area contributed by atoms with Crippen LogP contribution in [0.3, 0.4) is 0 Å². The molecule has 146 valence electrons. The van der Waals surface area contributed by atoms with Gasteiger partial charge in [-0.15, -0.1) is 0 Å². The van der Waals surface area contributed by atoms with E-state index in [1.807, 2.05) is 6.07 Å². The van der Waals surface area contributed by atoms with E-state index < -0.39 is 11.9 Å². The Bertz CT molecular complexity index is 1120. The van der Waals surface area contributed by atoms with Gasteiger partial charge in [-0.2, -0.15) is 4.99 Å². The van der Waals surface area contributed by atoms with Gasteiger partial charge in [0.05, 0.1) is 37.1 Å². The Morgan fingerprint density at radius 3 is 2.43 bits per heavy atom. The maximum atomic E-state index is 12.7. The summed E-state index contributed by atoms with van der Waals surface area (Å²) >= 11 is 4.63. The molecule has 0 N–H and O–H groups in total. The number of hydrogen-bond donors (Lipinski definition) is 0. The molecule has 1 aromatic heterocycles. The smallest absolute Gasteiger partial charge is 0.325 e. The Labute approximate surface area is 173 Å². The van der Waals surface area contributed by atoms with Crippen molar-refractivity contribution in [2.45, 2.75) is 6.54 Å². The molecule has 1 amide bonds. The van der Waals surface area contributed by atoms with Crippen LogP contribution >= 0.6 is 27.3 Å². The number of halogens is 1. The zero-order valence-electron chi connectivity index (χ0n) is 15.4. The number of fused-ring (bicyclic) bond motifs is 1. The van der Waals surface area contributed by atoms with Gasteiger partial charge in [0.2, 0.25) is 0 Å². The quantitative estimate of drug-likeness (QED) is 0.540. The maximum Gasteiger partial charge on any atom is 0.325 e. The third kappa shape index (κ3) is 3.95. The molecule has 0 spiro atoms. The number of aromatic nitrogens is 1. The number of esters is 1. The molecule has 0 saturated heterocycles. The Balaban J connectivity index is 2.22. The van der Waals surface area contributed by atoms with Gasteiger partial charge in [-0.3, -0.25) is 9.59 Å². The molecule has 0 aliphatic rings. The summed E-state index contributed by atoms with van der Waals surface area (Å²) in [4.78, 5) is 29.3. The van der Waals surface area contributed by atoms with Crippen molar-refractivity contribution in [1.82, 2.24) is 4.57 Å². The van der Waals surface area contributed by atoms with Crippen molar-refractivity contribution in [2.24, 2.45) is 4.99 Å². The Morgan fingerprint density at radius 1 is 1.11 bits per heavy atom. The highest BCUT2D eigenvalue weighted by molar-refractivity contribution is 9.10. The summed E-state index contributed by atoms with van der Waals surface area (Å²) in [5.41, 5.74) is 1.12. The van der Waals surface area contributed by atoms with E-state index >= 15 is 0 Å². The van der Waals surface area contributed by atoms with E-state index in [1.54, 1.807) is 42.0 Å². The second kappa shape index (κ2) is 8.57. The third-order valence-corrected chi connectivity index (χ3v) is 5.74. The van der Waals surface area contributed by atoms with E-state index in [-0.39, 0.29) is 6.54 Å². The fourth-order valence-electron chi connectivity index (χ4n) is 2.61. The van der Waals surface area contributed by atoms with Crippen molar-refractivity contribution in [3.63, 3.8) is 0 Å². The van der Waals surface area contributed by atoms with Gasteiger partial charge in [0.15, 0.2) is 16.3 Å². The standard InChI is InChI=1S/C19H17BrN2O5S/c1-25-14-8-13-16(9-15(14)26-2)28-19(22(13)10-17(23)27-3)21-18(24)11-6-4-5-7-12(11)20/h4-9H,10H2,1-3H3. The average Bonchev–Trinajstić information content (AvgIpc) is 3.02. The van der Waals surface area contributed by atoms with E-state index in [4.69, 9.17) is 14.2 Å². The van der Waals surface area contributed by atoms with Crippen molar-refractivity contribution in [3.05, 3.63) is 51.2 Å². The first-order valence-corrected chi connectivity index (χ1v) is 9.75. The number of methoxy groups -OCH3 is 3. The summed E-state index contributed by atoms with van der Waals surface area (Å²) in [6.07, 6.45) is 0. The summed E-state index contributed by atoms with van der Waals surface area (Å²) in [7, 11) is 4.38. The first-order chi connectivity index (χ1) is 13.5. The topological polar surface area (TPSA) is 79.1 Å². The number of nitrogens with zero attached hydrogens (tertiary/aromatic N) is 2. The largest absolute Gasteiger partial charge is 0.493 e. The van der Waals surface area contributed by atoms with Crippen LogP contribution in [0.2, 0.25) is 0 Å². The molecule has 28 heavy (non-hydrogen) atoms. The van der Waals surface area contributed by atoms with E-state index in [1.165, 1.54) is 25.6 Å². The Morgan fingerprint density at radius 2 is 1.79 bits per heavy atom. The summed E-state index contributed by atoms with van der Waals surface area (Å²) in [5, 5.41) is 0. The predicted octanol–water partition coefficient (Wildman–Crippen LogP) is 3.40. The number of ether oxygens (including phenoxy) is 3. The lowest BCUT2D eigenvalue weighted by molar-refractivity contribution is -0.141. The van der Waals surface area contributed by atoms with Gasteiger partial charge in [0.25, 0.3) is 5.91 Å². The van der Waals surface area contributed by atoms with Crippen LogP contribution in [-0.2, 0) is 16.1 Å². The second-order valence-electron chi connectivity index (χ2n) is 5.62.